The summed E-state index contributed by atoms with van der Waals surface area (Å²) in [6.45, 7) is 1.25. The van der Waals surface area contributed by atoms with E-state index in [1.165, 1.54) is 17.0 Å². The fourth-order valence-corrected chi connectivity index (χ4v) is 4.33. The summed E-state index contributed by atoms with van der Waals surface area (Å²) in [7, 11) is 1.47. The molecule has 0 unspecified atom stereocenters. The van der Waals surface area contributed by atoms with Crippen LogP contribution < -0.4 is 15.2 Å². The van der Waals surface area contributed by atoms with Gasteiger partial charge in [0.05, 0.1) is 32.3 Å². The molecule has 2 amide bonds. The summed E-state index contributed by atoms with van der Waals surface area (Å²) in [5.41, 5.74) is 3.74. The summed E-state index contributed by atoms with van der Waals surface area (Å²) in [5.74, 6) is -1.73. The third-order valence-corrected chi connectivity index (χ3v) is 6.46. The lowest BCUT2D eigenvalue weighted by Crippen LogP contribution is -2.44. The largest absolute Gasteiger partial charge is 0.490 e. The lowest BCUT2D eigenvalue weighted by molar-refractivity contribution is -0.133. The molecule has 12 heteroatoms. The van der Waals surface area contributed by atoms with E-state index in [9.17, 15) is 9.59 Å². The molecule has 3 heterocycles. The highest BCUT2D eigenvalue weighted by molar-refractivity contribution is 7.80. The molecule has 2 fully saturated rings. The zero-order valence-corrected chi connectivity index (χ0v) is 20.6. The van der Waals surface area contributed by atoms with Crippen molar-refractivity contribution >= 4 is 40.6 Å². The van der Waals surface area contributed by atoms with Crippen LogP contribution >= 0.6 is 12.2 Å². The minimum absolute atomic E-state index is 0.0812. The van der Waals surface area contributed by atoms with Crippen LogP contribution in [0.25, 0.3) is 0 Å². The van der Waals surface area contributed by atoms with Crippen LogP contribution in [0.2, 0.25) is 0 Å². The number of benzene rings is 1. The zero-order valence-electron chi connectivity index (χ0n) is 19.8. The van der Waals surface area contributed by atoms with Gasteiger partial charge in [-0.2, -0.15) is 0 Å². The fourth-order valence-electron chi connectivity index (χ4n) is 4.21. The van der Waals surface area contributed by atoms with E-state index in [-0.39, 0.29) is 43.3 Å². The molecule has 0 saturated carbocycles. The van der Waals surface area contributed by atoms with Gasteiger partial charge in [0.15, 0.2) is 16.7 Å². The smallest absolute Gasteiger partial charge is 0.414 e. The van der Waals surface area contributed by atoms with Crippen LogP contribution in [0.3, 0.4) is 0 Å². The number of cyclic esters (lactones) is 1. The van der Waals surface area contributed by atoms with Crippen LogP contribution in [-0.2, 0) is 20.7 Å². The number of anilines is 2. The van der Waals surface area contributed by atoms with Gasteiger partial charge in [-0.15, -0.1) is 0 Å². The quantitative estimate of drug-likeness (QED) is 0.559. The zero-order chi connectivity index (χ0) is 25.7. The number of ether oxygens (including phenoxy) is 2. The average molecular weight is 520 g/mol. The van der Waals surface area contributed by atoms with E-state index in [1.807, 2.05) is 0 Å². The van der Waals surface area contributed by atoms with Gasteiger partial charge in [0, 0.05) is 50.6 Å². The van der Waals surface area contributed by atoms with Crippen molar-refractivity contribution in [1.82, 2.24) is 15.4 Å². The molecule has 192 valence electrons. The molecule has 0 spiro atoms. The van der Waals surface area contributed by atoms with E-state index < -0.39 is 23.8 Å². The van der Waals surface area contributed by atoms with Gasteiger partial charge in [0.2, 0.25) is 5.91 Å². The van der Waals surface area contributed by atoms with Crippen molar-refractivity contribution in [2.75, 3.05) is 49.6 Å². The Bertz CT molecular complexity index is 1100. The van der Waals surface area contributed by atoms with Crippen molar-refractivity contribution in [2.24, 2.45) is 0 Å². The summed E-state index contributed by atoms with van der Waals surface area (Å²) in [6, 6.07) is 5.79. The van der Waals surface area contributed by atoms with E-state index >= 15 is 8.78 Å². The lowest BCUT2D eigenvalue weighted by atomic mass is 10.2. The summed E-state index contributed by atoms with van der Waals surface area (Å²) in [5, 5.41) is 1.87. The van der Waals surface area contributed by atoms with Gasteiger partial charge in [-0.1, -0.05) is 0 Å². The Hall–Kier alpha value is -3.38. The second kappa shape index (κ2) is 11.6. The second-order valence-corrected chi connectivity index (χ2v) is 8.92. The Morgan fingerprint density at radius 3 is 2.64 bits per heavy atom. The molecular weight excluding hydrogens is 492 g/mol. The van der Waals surface area contributed by atoms with E-state index in [0.717, 1.165) is 17.7 Å². The first-order valence-corrected chi connectivity index (χ1v) is 12.0. The number of hydrogen-bond donors (Lipinski definition) is 1. The molecule has 1 N–H and O–H groups in total. The van der Waals surface area contributed by atoms with E-state index in [4.69, 9.17) is 21.7 Å². The van der Waals surface area contributed by atoms with Crippen molar-refractivity contribution in [1.29, 1.82) is 0 Å². The molecule has 2 aliphatic heterocycles. The van der Waals surface area contributed by atoms with Crippen LogP contribution in [0.15, 0.2) is 36.7 Å². The number of hydrogen-bond acceptors (Lipinski definition) is 8. The monoisotopic (exact) mass is 519 g/mol. The minimum Gasteiger partial charge on any atom is -0.490 e. The number of aromatic nitrogens is 1. The topological polar surface area (TPSA) is 87.2 Å². The highest BCUT2D eigenvalue weighted by Crippen LogP contribution is 2.31. The fraction of sp³-hybridized carbons (Fsp3) is 0.417. The third kappa shape index (κ3) is 6.05. The summed E-state index contributed by atoms with van der Waals surface area (Å²) >= 11 is 5.00. The lowest BCUT2D eigenvalue weighted by Gasteiger charge is -2.25. The first-order valence-electron chi connectivity index (χ1n) is 11.6. The number of carbonyl (C=O) groups is 2. The molecule has 1 atom stereocenters. The van der Waals surface area contributed by atoms with E-state index in [1.54, 1.807) is 29.4 Å². The number of carbonyl (C=O) groups excluding carboxylic acids is 2. The Morgan fingerprint density at radius 1 is 1.22 bits per heavy atom. The van der Waals surface area contributed by atoms with Crippen molar-refractivity contribution < 1.29 is 27.8 Å². The molecule has 2 aromatic rings. The number of nitrogens with zero attached hydrogens (tertiary/aromatic N) is 4. The number of rotatable bonds is 7. The molecule has 1 aromatic heterocycles. The number of pyridine rings is 1. The molecule has 0 bridgehead atoms. The Balaban J connectivity index is 1.40. The normalized spacial score (nSPS) is 18.1. The van der Waals surface area contributed by atoms with Crippen LogP contribution in [0, 0.1) is 11.6 Å². The van der Waals surface area contributed by atoms with Crippen LogP contribution in [-0.4, -0.2) is 73.0 Å². The predicted octanol–water partition coefficient (Wildman–Crippen LogP) is 2.83. The summed E-state index contributed by atoms with van der Waals surface area (Å²) in [6.07, 6.45) is 3.19. The van der Waals surface area contributed by atoms with Gasteiger partial charge < -0.3 is 14.4 Å². The third-order valence-electron chi connectivity index (χ3n) is 6.09. The number of nitrogens with one attached hydrogen (secondary N) is 1. The molecular formula is C24H27F2N5O4S. The maximum absolute atomic E-state index is 15.1. The van der Waals surface area contributed by atoms with Crippen molar-refractivity contribution in [3.63, 3.8) is 0 Å². The van der Waals surface area contributed by atoms with Crippen LogP contribution in [0.5, 0.6) is 0 Å². The molecule has 0 aliphatic carbocycles. The summed E-state index contributed by atoms with van der Waals surface area (Å²) in [4.78, 5) is 31.7. The SMILES string of the molecule is COC(=S)CC[C@H]1CN(c2cc(F)c(N3CCNN(C(=O)Cc4ccncc4)CC3)c(F)c2)C(=O)O1. The van der Waals surface area contributed by atoms with Gasteiger partial charge >= 0.3 is 6.09 Å². The molecule has 4 rings (SSSR count). The highest BCUT2D eigenvalue weighted by atomic mass is 32.1. The van der Waals surface area contributed by atoms with Crippen LogP contribution in [0.4, 0.5) is 25.0 Å². The molecule has 2 aliphatic rings. The molecule has 1 aromatic carbocycles. The average Bonchev–Trinajstić information content (AvgIpc) is 3.07. The maximum Gasteiger partial charge on any atom is 0.414 e. The van der Waals surface area contributed by atoms with Gasteiger partial charge in [-0.05, 0) is 36.3 Å². The van der Waals surface area contributed by atoms with Crippen molar-refractivity contribution in [3.8, 4) is 0 Å². The maximum atomic E-state index is 15.1. The second-order valence-electron chi connectivity index (χ2n) is 8.46. The first-order chi connectivity index (χ1) is 17.4. The van der Waals surface area contributed by atoms with Gasteiger partial charge in [0.1, 0.15) is 11.8 Å². The van der Waals surface area contributed by atoms with E-state index in [2.05, 4.69) is 10.4 Å². The molecule has 0 radical (unpaired) electrons. The molecule has 36 heavy (non-hydrogen) atoms. The van der Waals surface area contributed by atoms with Crippen molar-refractivity contribution in [3.05, 3.63) is 53.9 Å². The number of hydrazine groups is 1. The number of halogens is 2. The van der Waals surface area contributed by atoms with Gasteiger partial charge in [-0.3, -0.25) is 19.7 Å². The first kappa shape index (κ1) is 25.7. The Kier molecular flexibility index (Phi) is 8.26. The summed E-state index contributed by atoms with van der Waals surface area (Å²) < 4.78 is 40.6. The highest BCUT2D eigenvalue weighted by Gasteiger charge is 2.34. The predicted molar refractivity (Wildman–Crippen MR) is 133 cm³/mol. The Morgan fingerprint density at radius 2 is 1.94 bits per heavy atom. The minimum atomic E-state index is -0.793. The molecule has 9 nitrogen and oxygen atoms in total. The number of thiocarbonyl (C=S) groups is 1. The standard InChI is InChI=1S/C24H27F2N5O4S/c1-34-22(36)3-2-18-15-30(24(33)35-18)17-13-19(25)23(20(26)14-17)29-9-8-28-31(11-10-29)21(32)12-16-4-6-27-7-5-16/h4-7,13-14,18,28H,2-3,8-12,15H2,1H3/t18-/m0/s1. The number of amides is 2. The number of methoxy groups -OCH3 is 1. The Labute approximate surface area is 212 Å². The van der Waals surface area contributed by atoms with Crippen LogP contribution in [0.1, 0.15) is 18.4 Å². The molecule has 2 saturated heterocycles. The van der Waals surface area contributed by atoms with Crippen molar-refractivity contribution in [2.45, 2.75) is 25.4 Å². The van der Waals surface area contributed by atoms with E-state index in [0.29, 0.717) is 31.0 Å². The van der Waals surface area contributed by atoms with Gasteiger partial charge in [-0.25, -0.2) is 19.0 Å². The van der Waals surface area contributed by atoms with Gasteiger partial charge in [0.25, 0.3) is 0 Å².